The second-order valence-corrected chi connectivity index (χ2v) is 5.21. The third-order valence-electron chi connectivity index (χ3n) is 3.50. The Morgan fingerprint density at radius 2 is 1.67 bits per heavy atom. The van der Waals surface area contributed by atoms with E-state index in [1.54, 1.807) is 6.07 Å². The zero-order valence-electron chi connectivity index (χ0n) is 11.4. The lowest BCUT2D eigenvalue weighted by atomic mass is 10.1. The van der Waals surface area contributed by atoms with Crippen LogP contribution in [-0.2, 0) is 13.2 Å². The van der Waals surface area contributed by atoms with Crippen molar-refractivity contribution in [2.75, 3.05) is 0 Å². The summed E-state index contributed by atoms with van der Waals surface area (Å²) in [5.74, 6) is 0.623. The highest BCUT2D eigenvalue weighted by atomic mass is 35.5. The lowest BCUT2D eigenvalue weighted by molar-refractivity contribution is 0.259. The van der Waals surface area contributed by atoms with E-state index < -0.39 is 0 Å². The summed E-state index contributed by atoms with van der Waals surface area (Å²) in [6.07, 6.45) is 0. The van der Waals surface area contributed by atoms with Gasteiger partial charge in [-0.2, -0.15) is 0 Å². The van der Waals surface area contributed by atoms with Gasteiger partial charge < -0.3 is 9.84 Å². The van der Waals surface area contributed by atoms with Gasteiger partial charge in [0.2, 0.25) is 0 Å². The van der Waals surface area contributed by atoms with E-state index in [1.165, 1.54) is 10.8 Å². The molecule has 0 fully saturated rings. The maximum absolute atomic E-state index is 9.40. The molecule has 0 aromatic heterocycles. The molecule has 1 N–H and O–H groups in total. The van der Waals surface area contributed by atoms with Gasteiger partial charge in [-0.25, -0.2) is 0 Å². The molecule has 3 rings (SSSR count). The predicted octanol–water partition coefficient (Wildman–Crippen LogP) is 4.56. The standard InChI is InChI=1S/C18H15ClO2/c19-17-9-4-10-18(16(17)11-20)21-12-14-7-3-6-13-5-1-2-8-15(13)14/h1-10,20H,11-12H2. The molecule has 0 unspecified atom stereocenters. The first kappa shape index (κ1) is 13.9. The van der Waals surface area contributed by atoms with Gasteiger partial charge in [-0.15, -0.1) is 0 Å². The zero-order valence-corrected chi connectivity index (χ0v) is 12.2. The largest absolute Gasteiger partial charge is 0.488 e. The number of fused-ring (bicyclic) bond motifs is 1. The summed E-state index contributed by atoms with van der Waals surface area (Å²) in [6.45, 7) is 0.305. The quantitative estimate of drug-likeness (QED) is 0.765. The maximum Gasteiger partial charge on any atom is 0.126 e. The minimum absolute atomic E-state index is 0.134. The van der Waals surface area contributed by atoms with Crippen LogP contribution in [-0.4, -0.2) is 5.11 Å². The summed E-state index contributed by atoms with van der Waals surface area (Å²) in [5.41, 5.74) is 1.73. The molecular formula is C18H15ClO2. The molecule has 0 radical (unpaired) electrons. The normalized spacial score (nSPS) is 10.8. The number of hydrogen-bond donors (Lipinski definition) is 1. The van der Waals surface area contributed by atoms with E-state index in [-0.39, 0.29) is 6.61 Å². The Morgan fingerprint density at radius 3 is 2.52 bits per heavy atom. The molecule has 3 aromatic rings. The van der Waals surface area contributed by atoms with Gasteiger partial charge in [-0.3, -0.25) is 0 Å². The van der Waals surface area contributed by atoms with Crippen LogP contribution < -0.4 is 4.74 Å². The fourth-order valence-electron chi connectivity index (χ4n) is 2.40. The Balaban J connectivity index is 1.89. The molecule has 0 saturated heterocycles. The van der Waals surface area contributed by atoms with Crippen LogP contribution in [0.2, 0.25) is 5.02 Å². The average molecular weight is 299 g/mol. The van der Waals surface area contributed by atoms with Crippen molar-refractivity contribution in [3.63, 3.8) is 0 Å². The topological polar surface area (TPSA) is 29.5 Å². The maximum atomic E-state index is 9.40. The molecule has 3 aromatic carbocycles. The Bertz CT molecular complexity index is 763. The van der Waals surface area contributed by atoms with E-state index in [0.29, 0.717) is 22.9 Å². The molecule has 0 heterocycles. The fourth-order valence-corrected chi connectivity index (χ4v) is 2.63. The number of hydrogen-bond acceptors (Lipinski definition) is 2. The highest BCUT2D eigenvalue weighted by Crippen LogP contribution is 2.28. The van der Waals surface area contributed by atoms with Crippen molar-refractivity contribution in [2.24, 2.45) is 0 Å². The Hall–Kier alpha value is -2.03. The van der Waals surface area contributed by atoms with E-state index in [2.05, 4.69) is 18.2 Å². The number of benzene rings is 3. The van der Waals surface area contributed by atoms with E-state index in [1.807, 2.05) is 36.4 Å². The second-order valence-electron chi connectivity index (χ2n) is 4.80. The van der Waals surface area contributed by atoms with Crippen LogP contribution in [0, 0.1) is 0 Å². The van der Waals surface area contributed by atoms with Gasteiger partial charge in [0, 0.05) is 10.6 Å². The summed E-state index contributed by atoms with van der Waals surface area (Å²) in [4.78, 5) is 0. The van der Waals surface area contributed by atoms with Crippen LogP contribution in [0.4, 0.5) is 0 Å². The first-order chi connectivity index (χ1) is 10.3. The molecule has 0 spiro atoms. The summed E-state index contributed by atoms with van der Waals surface area (Å²) < 4.78 is 5.86. The molecular weight excluding hydrogens is 284 g/mol. The average Bonchev–Trinajstić information content (AvgIpc) is 2.53. The van der Waals surface area contributed by atoms with Crippen molar-refractivity contribution in [3.8, 4) is 5.75 Å². The second kappa shape index (κ2) is 6.17. The zero-order chi connectivity index (χ0) is 14.7. The smallest absolute Gasteiger partial charge is 0.126 e. The highest BCUT2D eigenvalue weighted by molar-refractivity contribution is 6.31. The minimum Gasteiger partial charge on any atom is -0.488 e. The van der Waals surface area contributed by atoms with Crippen molar-refractivity contribution in [3.05, 3.63) is 76.8 Å². The summed E-state index contributed by atoms with van der Waals surface area (Å²) in [6, 6.07) is 19.7. The molecule has 0 amide bonds. The SMILES string of the molecule is OCc1c(Cl)cccc1OCc1cccc2ccccc12. The minimum atomic E-state index is -0.134. The fraction of sp³-hybridized carbons (Fsp3) is 0.111. The van der Waals surface area contributed by atoms with Gasteiger partial charge in [-0.05, 0) is 28.5 Å². The monoisotopic (exact) mass is 298 g/mol. The lowest BCUT2D eigenvalue weighted by Gasteiger charge is -2.12. The van der Waals surface area contributed by atoms with E-state index >= 15 is 0 Å². The Labute approximate surface area is 128 Å². The van der Waals surface area contributed by atoms with Crippen molar-refractivity contribution in [1.82, 2.24) is 0 Å². The van der Waals surface area contributed by atoms with Crippen LogP contribution in [0.5, 0.6) is 5.75 Å². The summed E-state index contributed by atoms with van der Waals surface area (Å²) >= 11 is 6.07. The van der Waals surface area contributed by atoms with Crippen LogP contribution in [0.25, 0.3) is 10.8 Å². The molecule has 106 valence electrons. The number of rotatable bonds is 4. The lowest BCUT2D eigenvalue weighted by Crippen LogP contribution is -2.00. The molecule has 0 atom stereocenters. The van der Waals surface area contributed by atoms with Gasteiger partial charge in [0.15, 0.2) is 0 Å². The molecule has 0 aliphatic heterocycles. The number of halogens is 1. The molecule has 0 aliphatic carbocycles. The van der Waals surface area contributed by atoms with Gasteiger partial charge in [0.05, 0.1) is 6.61 Å². The van der Waals surface area contributed by atoms with Crippen LogP contribution in [0.15, 0.2) is 60.7 Å². The molecule has 21 heavy (non-hydrogen) atoms. The molecule has 0 aliphatic rings. The Morgan fingerprint density at radius 1 is 0.905 bits per heavy atom. The molecule has 3 heteroatoms. The molecule has 0 bridgehead atoms. The van der Waals surface area contributed by atoms with E-state index in [9.17, 15) is 5.11 Å². The third kappa shape index (κ3) is 2.87. The summed E-state index contributed by atoms with van der Waals surface area (Å²) in [7, 11) is 0. The molecule has 2 nitrogen and oxygen atoms in total. The van der Waals surface area contributed by atoms with Crippen molar-refractivity contribution < 1.29 is 9.84 Å². The van der Waals surface area contributed by atoms with Gasteiger partial charge in [0.25, 0.3) is 0 Å². The van der Waals surface area contributed by atoms with E-state index in [4.69, 9.17) is 16.3 Å². The highest BCUT2D eigenvalue weighted by Gasteiger charge is 2.08. The number of ether oxygens (including phenoxy) is 1. The van der Waals surface area contributed by atoms with Gasteiger partial charge >= 0.3 is 0 Å². The van der Waals surface area contributed by atoms with E-state index in [0.717, 1.165) is 5.56 Å². The van der Waals surface area contributed by atoms with Gasteiger partial charge in [0.1, 0.15) is 12.4 Å². The van der Waals surface area contributed by atoms with Crippen molar-refractivity contribution in [1.29, 1.82) is 0 Å². The predicted molar refractivity (Wildman–Crippen MR) is 85.7 cm³/mol. The number of aliphatic hydroxyl groups is 1. The van der Waals surface area contributed by atoms with Crippen LogP contribution >= 0.6 is 11.6 Å². The van der Waals surface area contributed by atoms with Crippen LogP contribution in [0.1, 0.15) is 11.1 Å². The van der Waals surface area contributed by atoms with Crippen LogP contribution in [0.3, 0.4) is 0 Å². The molecule has 0 saturated carbocycles. The van der Waals surface area contributed by atoms with Crippen molar-refractivity contribution >= 4 is 22.4 Å². The number of aliphatic hydroxyl groups excluding tert-OH is 1. The first-order valence-electron chi connectivity index (χ1n) is 6.77. The summed E-state index contributed by atoms with van der Waals surface area (Å²) in [5, 5.41) is 12.3. The Kier molecular flexibility index (Phi) is 4.09. The van der Waals surface area contributed by atoms with Crippen molar-refractivity contribution in [2.45, 2.75) is 13.2 Å². The van der Waals surface area contributed by atoms with Gasteiger partial charge in [-0.1, -0.05) is 60.1 Å². The third-order valence-corrected chi connectivity index (χ3v) is 3.85. The first-order valence-corrected chi connectivity index (χ1v) is 7.15.